The van der Waals surface area contributed by atoms with E-state index < -0.39 is 35.3 Å². The standard InChI is InChI=1S/C42H41ClFN7O5/c1-25-18-41(21-50(25)30-7-8-34(45-2)33(43)17-30)11-13-48(14-12-41)29-5-3-26(4-6-29)38(54)49-23-42(44,24-49)22-47-19-27-15-31-32(16-28(27)20-47)40(56)51(39(31)55)35-9-10-36(52)46-37(35)53/h3-8,15-17,25,35H,9-14,18-24H2,1H3,(H,46,52,53)/t25-,35?/m0/s1. The van der Waals surface area contributed by atoms with E-state index in [1.807, 2.05) is 41.3 Å². The van der Waals surface area contributed by atoms with Crippen LogP contribution in [-0.4, -0.2) is 101 Å². The molecule has 12 nitrogen and oxygen atoms in total. The van der Waals surface area contributed by atoms with Gasteiger partial charge >= 0.3 is 0 Å². The van der Waals surface area contributed by atoms with Crippen LogP contribution < -0.4 is 15.1 Å². The Morgan fingerprint density at radius 2 is 1.57 bits per heavy atom. The second kappa shape index (κ2) is 13.4. The van der Waals surface area contributed by atoms with Gasteiger partial charge in [-0.1, -0.05) is 17.7 Å². The van der Waals surface area contributed by atoms with E-state index in [1.54, 1.807) is 18.2 Å². The van der Waals surface area contributed by atoms with Gasteiger partial charge in [-0.15, -0.1) is 0 Å². The number of benzene rings is 3. The van der Waals surface area contributed by atoms with Gasteiger partial charge in [-0.2, -0.15) is 0 Å². The Morgan fingerprint density at radius 1 is 0.929 bits per heavy atom. The second-order valence-corrected chi connectivity index (χ2v) is 16.9. The van der Waals surface area contributed by atoms with E-state index in [4.69, 9.17) is 18.2 Å². The van der Waals surface area contributed by atoms with Gasteiger partial charge in [0.05, 0.1) is 30.8 Å². The summed E-state index contributed by atoms with van der Waals surface area (Å²) in [5, 5.41) is 2.70. The summed E-state index contributed by atoms with van der Waals surface area (Å²) in [4.78, 5) is 76.6. The SMILES string of the molecule is [C-]#[N+]c1ccc(N2CC3(CCN(c4ccc(C(=O)N5CC(F)(CN6Cc7cc8c(cc7C6)C(=O)N(C6CCC(=O)NC6=O)C8=O)C5)cc4)CC3)C[C@@H]2C)cc1Cl. The van der Waals surface area contributed by atoms with Gasteiger partial charge < -0.3 is 14.7 Å². The number of hydrogen-bond donors (Lipinski definition) is 1. The minimum absolute atomic E-state index is 0.0195. The summed E-state index contributed by atoms with van der Waals surface area (Å²) >= 11 is 6.36. The van der Waals surface area contributed by atoms with Gasteiger partial charge in [0.25, 0.3) is 17.7 Å². The number of fused-ring (bicyclic) bond motifs is 2. The fourth-order valence-electron chi connectivity index (χ4n) is 9.86. The molecule has 0 radical (unpaired) electrons. The highest BCUT2D eigenvalue weighted by molar-refractivity contribution is 6.33. The molecule has 0 aromatic heterocycles. The molecule has 9 rings (SSSR count). The zero-order chi connectivity index (χ0) is 39.1. The van der Waals surface area contributed by atoms with E-state index in [0.29, 0.717) is 35.4 Å². The highest BCUT2D eigenvalue weighted by atomic mass is 35.5. The van der Waals surface area contributed by atoms with Gasteiger partial charge in [0, 0.05) is 73.7 Å². The van der Waals surface area contributed by atoms with Gasteiger partial charge in [-0.3, -0.25) is 39.1 Å². The van der Waals surface area contributed by atoms with Crippen molar-refractivity contribution < 1.29 is 28.4 Å². The molecule has 4 fully saturated rings. The third-order valence-electron chi connectivity index (χ3n) is 12.7. The Balaban J connectivity index is 0.765. The van der Waals surface area contributed by atoms with E-state index in [0.717, 1.165) is 66.3 Å². The van der Waals surface area contributed by atoms with Crippen molar-refractivity contribution in [1.29, 1.82) is 0 Å². The van der Waals surface area contributed by atoms with Crippen molar-refractivity contribution in [2.45, 2.75) is 69.9 Å². The molecule has 6 heterocycles. The van der Waals surface area contributed by atoms with E-state index in [1.165, 1.54) is 4.90 Å². The smallest absolute Gasteiger partial charge is 0.262 e. The van der Waals surface area contributed by atoms with E-state index in [9.17, 15) is 24.0 Å². The number of likely N-dealkylation sites (tertiary alicyclic amines) is 1. The lowest BCUT2D eigenvalue weighted by atomic mass is 9.76. The van der Waals surface area contributed by atoms with Crippen molar-refractivity contribution in [2.75, 3.05) is 49.1 Å². The first-order valence-electron chi connectivity index (χ1n) is 19.2. The zero-order valence-corrected chi connectivity index (χ0v) is 31.8. The molecule has 0 bridgehead atoms. The van der Waals surface area contributed by atoms with Gasteiger partial charge in [0.1, 0.15) is 6.04 Å². The van der Waals surface area contributed by atoms with Crippen LogP contribution >= 0.6 is 11.6 Å². The molecule has 2 atom stereocenters. The minimum Gasteiger partial charge on any atom is -0.371 e. The van der Waals surface area contributed by atoms with Crippen LogP contribution in [0.15, 0.2) is 54.6 Å². The topological polar surface area (TPSA) is 118 Å². The van der Waals surface area contributed by atoms with Gasteiger partial charge in [0.15, 0.2) is 5.67 Å². The summed E-state index contributed by atoms with van der Waals surface area (Å²) in [5.74, 6) is -2.41. The summed E-state index contributed by atoms with van der Waals surface area (Å²) in [5.41, 5.74) is 3.83. The third-order valence-corrected chi connectivity index (χ3v) is 13.0. The predicted molar refractivity (Wildman–Crippen MR) is 206 cm³/mol. The Hall–Kier alpha value is -5.32. The lowest BCUT2D eigenvalue weighted by Crippen LogP contribution is -2.64. The number of imide groups is 2. The molecule has 4 saturated heterocycles. The van der Waals surface area contributed by atoms with Crippen LogP contribution in [0, 0.1) is 12.0 Å². The molecular weight excluding hydrogens is 737 g/mol. The lowest BCUT2D eigenvalue weighted by Gasteiger charge is -2.46. The minimum atomic E-state index is -1.58. The fourth-order valence-corrected chi connectivity index (χ4v) is 10.1. The number of halogens is 2. The number of amides is 5. The van der Waals surface area contributed by atoms with Crippen molar-refractivity contribution >= 4 is 58.2 Å². The average Bonchev–Trinajstić information content (AvgIpc) is 3.79. The Labute approximate surface area is 328 Å². The maximum absolute atomic E-state index is 16.0. The molecule has 3 aromatic carbocycles. The molecule has 1 N–H and O–H groups in total. The summed E-state index contributed by atoms with van der Waals surface area (Å²) in [6.45, 7) is 13.2. The molecule has 0 saturated carbocycles. The number of carbonyl (C=O) groups is 5. The Kier molecular flexibility index (Phi) is 8.70. The fraction of sp³-hybridized carbons (Fsp3) is 0.429. The molecular formula is C42H41ClFN7O5. The number of anilines is 2. The van der Waals surface area contributed by atoms with Crippen LogP contribution in [0.4, 0.5) is 21.5 Å². The predicted octanol–water partition coefficient (Wildman–Crippen LogP) is 5.36. The number of hydrogen-bond acceptors (Lipinski definition) is 8. The van der Waals surface area contributed by atoms with E-state index in [-0.39, 0.29) is 54.9 Å². The largest absolute Gasteiger partial charge is 0.371 e. The summed E-state index contributed by atoms with van der Waals surface area (Å²) in [6, 6.07) is 16.0. The molecule has 56 heavy (non-hydrogen) atoms. The van der Waals surface area contributed by atoms with Crippen molar-refractivity contribution in [1.82, 2.24) is 20.0 Å². The maximum atomic E-state index is 16.0. The molecule has 1 spiro atoms. The van der Waals surface area contributed by atoms with Crippen molar-refractivity contribution in [3.63, 3.8) is 0 Å². The van der Waals surface area contributed by atoms with Crippen LogP contribution in [0.25, 0.3) is 4.85 Å². The second-order valence-electron chi connectivity index (χ2n) is 16.5. The molecule has 14 heteroatoms. The quantitative estimate of drug-likeness (QED) is 0.263. The summed E-state index contributed by atoms with van der Waals surface area (Å²) in [6.07, 6.45) is 3.35. The van der Waals surface area contributed by atoms with Gasteiger partial charge in [-0.05, 0) is 97.7 Å². The highest BCUT2D eigenvalue weighted by Crippen LogP contribution is 2.46. The monoisotopic (exact) mass is 777 g/mol. The third kappa shape index (κ3) is 6.19. The first-order valence-corrected chi connectivity index (χ1v) is 19.6. The Morgan fingerprint density at radius 3 is 2.18 bits per heavy atom. The molecule has 6 aliphatic heterocycles. The number of nitrogens with one attached hydrogen (secondary N) is 1. The number of piperidine rings is 2. The molecule has 1 unspecified atom stereocenters. The first-order chi connectivity index (χ1) is 26.8. The van der Waals surface area contributed by atoms with Crippen LogP contribution in [0.2, 0.25) is 5.02 Å². The maximum Gasteiger partial charge on any atom is 0.262 e. The van der Waals surface area contributed by atoms with Crippen molar-refractivity contribution in [2.24, 2.45) is 5.41 Å². The first kappa shape index (κ1) is 36.3. The van der Waals surface area contributed by atoms with E-state index >= 15 is 4.39 Å². The van der Waals surface area contributed by atoms with Gasteiger partial charge in [-0.25, -0.2) is 9.24 Å². The molecule has 288 valence electrons. The van der Waals surface area contributed by atoms with E-state index in [2.05, 4.69) is 26.9 Å². The Bertz CT molecular complexity index is 2200. The normalized spacial score (nSPS) is 24.0. The van der Waals surface area contributed by atoms with Crippen molar-refractivity contribution in [3.8, 4) is 0 Å². The number of nitrogens with zero attached hydrogens (tertiary/aromatic N) is 6. The zero-order valence-electron chi connectivity index (χ0n) is 31.0. The number of rotatable bonds is 6. The van der Waals surface area contributed by atoms with Crippen LogP contribution in [-0.2, 0) is 22.7 Å². The molecule has 3 aromatic rings. The average molecular weight is 778 g/mol. The molecule has 5 amide bonds. The van der Waals surface area contributed by atoms with Gasteiger partial charge in [0.2, 0.25) is 17.5 Å². The van der Waals surface area contributed by atoms with Crippen LogP contribution in [0.1, 0.15) is 81.2 Å². The number of alkyl halides is 1. The highest BCUT2D eigenvalue weighted by Gasteiger charge is 2.49. The summed E-state index contributed by atoms with van der Waals surface area (Å²) in [7, 11) is 0. The van der Waals surface area contributed by atoms with Crippen molar-refractivity contribution in [3.05, 3.63) is 98.9 Å². The molecule has 0 aliphatic carbocycles. The van der Waals surface area contributed by atoms with Crippen LogP contribution in [0.3, 0.4) is 0 Å². The number of carbonyl (C=O) groups excluding carboxylic acids is 5. The lowest BCUT2D eigenvalue weighted by molar-refractivity contribution is -0.136. The summed E-state index contributed by atoms with van der Waals surface area (Å²) < 4.78 is 16.0. The molecule has 6 aliphatic rings. The van der Waals surface area contributed by atoms with Crippen LogP contribution in [0.5, 0.6) is 0 Å².